The predicted molar refractivity (Wildman–Crippen MR) is 46.7 cm³/mol. The molecule has 1 heterocycles. The molecule has 5 heteroatoms. The largest absolute Gasteiger partial charge is 0.399 e. The predicted octanol–water partition coefficient (Wildman–Crippen LogP) is -0.277. The van der Waals surface area contributed by atoms with E-state index in [9.17, 15) is 0 Å². The minimum atomic E-state index is 0.302. The first-order chi connectivity index (χ1) is 5.74. The van der Waals surface area contributed by atoms with Crippen LogP contribution in [0.3, 0.4) is 0 Å². The van der Waals surface area contributed by atoms with Gasteiger partial charge >= 0.3 is 0 Å². The van der Waals surface area contributed by atoms with Crippen LogP contribution >= 0.6 is 0 Å². The van der Waals surface area contributed by atoms with Gasteiger partial charge in [0.05, 0.1) is 5.70 Å². The lowest BCUT2D eigenvalue weighted by Gasteiger charge is -2.27. The summed E-state index contributed by atoms with van der Waals surface area (Å²) >= 11 is 0. The maximum Gasteiger partial charge on any atom is 0.101 e. The first-order valence-electron chi connectivity index (χ1n) is 3.97. The van der Waals surface area contributed by atoms with Crippen molar-refractivity contribution in [2.75, 3.05) is 33.2 Å². The molecule has 0 bridgehead atoms. The Hall–Kier alpha value is -1.10. The van der Waals surface area contributed by atoms with E-state index in [1.54, 1.807) is 0 Å². The van der Waals surface area contributed by atoms with E-state index in [-0.39, 0.29) is 0 Å². The Morgan fingerprint density at radius 3 is 3.17 bits per heavy atom. The molecule has 0 amide bonds. The minimum absolute atomic E-state index is 0.302. The molecule has 5 nitrogen and oxygen atoms in total. The summed E-state index contributed by atoms with van der Waals surface area (Å²) in [5.41, 5.74) is 14.1. The Balaban J connectivity index is 2.59. The van der Waals surface area contributed by atoms with Crippen molar-refractivity contribution in [1.82, 2.24) is 10.2 Å². The Bertz CT molecular complexity index is 198. The van der Waals surface area contributed by atoms with Crippen molar-refractivity contribution in [3.63, 3.8) is 0 Å². The van der Waals surface area contributed by atoms with Crippen LogP contribution in [0.2, 0.25) is 0 Å². The van der Waals surface area contributed by atoms with Crippen molar-refractivity contribution < 1.29 is 0 Å². The minimum Gasteiger partial charge on any atom is -0.399 e. The standard InChI is InChI=1S/C7H15N5/c1-12-3-2-10-7(5-12)6(8)4-11-9/h9-10H,2-5,8H2,1H3/b7-6-,11-9?. The van der Waals surface area contributed by atoms with Crippen molar-refractivity contribution in [2.24, 2.45) is 10.8 Å². The van der Waals surface area contributed by atoms with Gasteiger partial charge in [0.25, 0.3) is 0 Å². The fourth-order valence-electron chi connectivity index (χ4n) is 1.20. The van der Waals surface area contributed by atoms with Gasteiger partial charge < -0.3 is 11.1 Å². The van der Waals surface area contributed by atoms with Crippen molar-refractivity contribution in [3.8, 4) is 0 Å². The lowest BCUT2D eigenvalue weighted by molar-refractivity contribution is 0.320. The molecule has 0 aromatic rings. The smallest absolute Gasteiger partial charge is 0.101 e. The van der Waals surface area contributed by atoms with Crippen molar-refractivity contribution in [1.29, 1.82) is 5.53 Å². The molecule has 0 aromatic heterocycles. The maximum absolute atomic E-state index is 6.67. The van der Waals surface area contributed by atoms with Crippen LogP contribution in [0.25, 0.3) is 0 Å². The highest BCUT2D eigenvalue weighted by molar-refractivity contribution is 5.14. The van der Waals surface area contributed by atoms with Gasteiger partial charge in [0, 0.05) is 25.3 Å². The molecule has 0 atom stereocenters. The molecule has 1 fully saturated rings. The normalized spacial score (nSPS) is 23.1. The van der Waals surface area contributed by atoms with Crippen LogP contribution in [0, 0.1) is 5.53 Å². The second-order valence-corrected chi connectivity index (χ2v) is 2.98. The average molecular weight is 169 g/mol. The van der Waals surface area contributed by atoms with Crippen LogP contribution < -0.4 is 11.1 Å². The quantitative estimate of drug-likeness (QED) is 0.498. The zero-order chi connectivity index (χ0) is 8.97. The molecule has 1 aliphatic heterocycles. The van der Waals surface area contributed by atoms with Crippen molar-refractivity contribution in [2.45, 2.75) is 0 Å². The van der Waals surface area contributed by atoms with Gasteiger partial charge in [0.1, 0.15) is 6.54 Å². The number of nitrogens with two attached hydrogens (primary N) is 1. The molecule has 1 rings (SSSR count). The topological polar surface area (TPSA) is 77.5 Å². The second-order valence-electron chi connectivity index (χ2n) is 2.98. The molecule has 68 valence electrons. The van der Waals surface area contributed by atoms with E-state index in [4.69, 9.17) is 11.3 Å². The second kappa shape index (κ2) is 4.06. The number of nitrogens with one attached hydrogen (secondary N) is 2. The highest BCUT2D eigenvalue weighted by Gasteiger charge is 2.11. The Morgan fingerprint density at radius 2 is 2.58 bits per heavy atom. The number of piperazine rings is 1. The Labute approximate surface area is 72.1 Å². The third-order valence-electron chi connectivity index (χ3n) is 1.90. The van der Waals surface area contributed by atoms with E-state index < -0.39 is 0 Å². The summed E-state index contributed by atoms with van der Waals surface area (Å²) in [6.07, 6.45) is 0. The fraction of sp³-hybridized carbons (Fsp3) is 0.714. The molecule has 0 radical (unpaired) electrons. The molecule has 0 aromatic carbocycles. The van der Waals surface area contributed by atoms with Crippen LogP contribution in [0.4, 0.5) is 0 Å². The van der Waals surface area contributed by atoms with E-state index in [0.29, 0.717) is 12.2 Å². The monoisotopic (exact) mass is 169 g/mol. The number of nitrogens with zero attached hydrogens (tertiary/aromatic N) is 2. The highest BCUT2D eigenvalue weighted by atomic mass is 15.2. The Morgan fingerprint density at radius 1 is 1.83 bits per heavy atom. The molecule has 1 aliphatic rings. The van der Waals surface area contributed by atoms with Gasteiger partial charge in [-0.3, -0.25) is 4.90 Å². The Kier molecular flexibility index (Phi) is 3.04. The third kappa shape index (κ3) is 2.20. The first-order valence-corrected chi connectivity index (χ1v) is 3.97. The van der Waals surface area contributed by atoms with Crippen LogP contribution in [0.5, 0.6) is 0 Å². The SMILES string of the molecule is CN1CCN/C(=C(\N)CN=N)C1. The van der Waals surface area contributed by atoms with Crippen molar-refractivity contribution >= 4 is 0 Å². The summed E-state index contributed by atoms with van der Waals surface area (Å²) in [6, 6.07) is 0. The summed E-state index contributed by atoms with van der Waals surface area (Å²) in [6.45, 7) is 3.09. The molecule has 4 N–H and O–H groups in total. The molecule has 0 unspecified atom stereocenters. The molecule has 12 heavy (non-hydrogen) atoms. The van der Waals surface area contributed by atoms with E-state index >= 15 is 0 Å². The zero-order valence-corrected chi connectivity index (χ0v) is 7.30. The molecular formula is C7H15N5. The van der Waals surface area contributed by atoms with Crippen LogP contribution in [0.15, 0.2) is 16.5 Å². The van der Waals surface area contributed by atoms with Gasteiger partial charge in [-0.25, -0.2) is 5.53 Å². The van der Waals surface area contributed by atoms with Gasteiger partial charge in [-0.2, -0.15) is 5.11 Å². The summed E-state index contributed by atoms with van der Waals surface area (Å²) in [7, 11) is 2.05. The van der Waals surface area contributed by atoms with Crippen LogP contribution in [0.1, 0.15) is 0 Å². The lowest BCUT2D eigenvalue weighted by atomic mass is 10.2. The van der Waals surface area contributed by atoms with Crippen LogP contribution in [-0.4, -0.2) is 38.1 Å². The molecular weight excluding hydrogens is 154 g/mol. The van der Waals surface area contributed by atoms with E-state index in [1.165, 1.54) is 0 Å². The number of hydrogen-bond donors (Lipinski definition) is 3. The summed E-state index contributed by atoms with van der Waals surface area (Å²) < 4.78 is 0. The number of rotatable bonds is 2. The van der Waals surface area contributed by atoms with Gasteiger partial charge in [-0.05, 0) is 7.05 Å². The summed E-state index contributed by atoms with van der Waals surface area (Å²) in [5.74, 6) is 0. The number of hydrogen-bond acceptors (Lipinski definition) is 5. The third-order valence-corrected chi connectivity index (χ3v) is 1.90. The molecule has 1 saturated heterocycles. The van der Waals surface area contributed by atoms with E-state index in [0.717, 1.165) is 25.3 Å². The summed E-state index contributed by atoms with van der Waals surface area (Å²) in [4.78, 5) is 2.18. The highest BCUT2D eigenvalue weighted by Crippen LogP contribution is 2.02. The lowest BCUT2D eigenvalue weighted by Crippen LogP contribution is -2.41. The average Bonchev–Trinajstić information content (AvgIpc) is 2.05. The molecule has 0 spiro atoms. The van der Waals surface area contributed by atoms with Gasteiger partial charge in [0.2, 0.25) is 0 Å². The van der Waals surface area contributed by atoms with Gasteiger partial charge in [0.15, 0.2) is 0 Å². The first kappa shape index (κ1) is 8.99. The van der Waals surface area contributed by atoms with Crippen LogP contribution in [-0.2, 0) is 0 Å². The maximum atomic E-state index is 6.67. The van der Waals surface area contributed by atoms with Gasteiger partial charge in [-0.1, -0.05) is 0 Å². The molecule has 0 saturated carbocycles. The van der Waals surface area contributed by atoms with Crippen molar-refractivity contribution in [3.05, 3.63) is 11.4 Å². The summed E-state index contributed by atoms with van der Waals surface area (Å²) in [5, 5.41) is 6.45. The zero-order valence-electron chi connectivity index (χ0n) is 7.30. The van der Waals surface area contributed by atoms with Gasteiger partial charge in [-0.15, -0.1) is 0 Å². The van der Waals surface area contributed by atoms with E-state index in [2.05, 4.69) is 15.3 Å². The number of likely N-dealkylation sites (N-methyl/N-ethyl adjacent to an activating group) is 1. The molecule has 0 aliphatic carbocycles. The fourth-order valence-corrected chi connectivity index (χ4v) is 1.20. The van der Waals surface area contributed by atoms with E-state index in [1.807, 2.05) is 7.05 Å².